The zero-order chi connectivity index (χ0) is 18.1. The third-order valence-corrected chi connectivity index (χ3v) is 4.29. The van der Waals surface area contributed by atoms with Crippen LogP contribution in [0.15, 0.2) is 24.3 Å². The highest BCUT2D eigenvalue weighted by Gasteiger charge is 2.13. The first-order chi connectivity index (χ1) is 11.3. The summed E-state index contributed by atoms with van der Waals surface area (Å²) in [7, 11) is 1.79. The van der Waals surface area contributed by atoms with E-state index in [1.165, 1.54) is 0 Å². The van der Waals surface area contributed by atoms with Gasteiger partial charge >= 0.3 is 0 Å². The summed E-state index contributed by atoms with van der Waals surface area (Å²) in [6, 6.07) is 6.82. The van der Waals surface area contributed by atoms with Gasteiger partial charge in [0.05, 0.1) is 0 Å². The van der Waals surface area contributed by atoms with Crippen molar-refractivity contribution in [2.24, 2.45) is 11.7 Å². The zero-order valence-corrected chi connectivity index (χ0v) is 15.5. The number of carbonyl (C=O) groups is 2. The Morgan fingerprint density at radius 1 is 1.25 bits per heavy atom. The van der Waals surface area contributed by atoms with E-state index in [0.29, 0.717) is 42.4 Å². The van der Waals surface area contributed by atoms with Crippen molar-refractivity contribution >= 4 is 23.4 Å². The van der Waals surface area contributed by atoms with E-state index >= 15 is 0 Å². The van der Waals surface area contributed by atoms with Crippen molar-refractivity contribution in [2.45, 2.75) is 39.2 Å². The summed E-state index contributed by atoms with van der Waals surface area (Å²) in [6.45, 7) is 5.29. The summed E-state index contributed by atoms with van der Waals surface area (Å²) in [4.78, 5) is 25.7. The van der Waals surface area contributed by atoms with Crippen molar-refractivity contribution in [1.29, 1.82) is 0 Å². The molecule has 0 aromatic heterocycles. The molecule has 0 bridgehead atoms. The van der Waals surface area contributed by atoms with Gasteiger partial charge in [-0.15, -0.1) is 0 Å². The van der Waals surface area contributed by atoms with E-state index in [1.807, 2.05) is 0 Å². The largest absolute Gasteiger partial charge is 0.352 e. The van der Waals surface area contributed by atoms with E-state index < -0.39 is 0 Å². The van der Waals surface area contributed by atoms with Gasteiger partial charge < -0.3 is 16.0 Å². The highest BCUT2D eigenvalue weighted by molar-refractivity contribution is 6.30. The molecule has 0 spiro atoms. The monoisotopic (exact) mass is 353 g/mol. The Labute approximate surface area is 149 Å². The fourth-order valence-electron chi connectivity index (χ4n) is 2.14. The molecule has 0 saturated heterocycles. The summed E-state index contributed by atoms with van der Waals surface area (Å²) >= 11 is 5.79. The van der Waals surface area contributed by atoms with Crippen molar-refractivity contribution in [2.75, 3.05) is 20.1 Å². The van der Waals surface area contributed by atoms with E-state index in [4.69, 9.17) is 17.3 Å². The fraction of sp³-hybridized carbons (Fsp3) is 0.556. The second-order valence-corrected chi connectivity index (χ2v) is 6.81. The van der Waals surface area contributed by atoms with Crippen LogP contribution in [0.1, 0.15) is 43.5 Å². The number of hydrogen-bond acceptors (Lipinski definition) is 3. The van der Waals surface area contributed by atoms with Crippen molar-refractivity contribution in [1.82, 2.24) is 10.2 Å². The smallest absolute Gasteiger partial charge is 0.251 e. The van der Waals surface area contributed by atoms with Crippen LogP contribution in [0.2, 0.25) is 5.02 Å². The molecule has 0 aliphatic heterocycles. The number of amides is 2. The molecule has 1 atom stereocenters. The van der Waals surface area contributed by atoms with Crippen molar-refractivity contribution < 1.29 is 9.59 Å². The van der Waals surface area contributed by atoms with Crippen LogP contribution >= 0.6 is 11.6 Å². The number of rotatable bonds is 9. The molecule has 6 heteroatoms. The number of nitrogens with two attached hydrogens (primary N) is 1. The lowest BCUT2D eigenvalue weighted by atomic mass is 10.0. The van der Waals surface area contributed by atoms with Crippen LogP contribution < -0.4 is 11.1 Å². The first-order valence-corrected chi connectivity index (χ1v) is 8.72. The van der Waals surface area contributed by atoms with E-state index in [0.717, 1.165) is 6.42 Å². The third-order valence-electron chi connectivity index (χ3n) is 4.04. The standard InChI is InChI=1S/C18H28ClN3O2/c1-13(2)16(20)10-12-22(3)17(23)5-4-11-21-18(24)14-6-8-15(19)9-7-14/h6-9,13,16H,4-5,10-12,20H2,1-3H3,(H,21,24). The van der Waals surface area contributed by atoms with Gasteiger partial charge in [-0.1, -0.05) is 25.4 Å². The minimum atomic E-state index is -0.157. The number of halogens is 1. The fourth-order valence-corrected chi connectivity index (χ4v) is 2.26. The summed E-state index contributed by atoms with van der Waals surface area (Å²) in [5, 5.41) is 3.40. The Bertz CT molecular complexity index is 532. The lowest BCUT2D eigenvalue weighted by Gasteiger charge is -2.21. The van der Waals surface area contributed by atoms with Crippen molar-refractivity contribution in [3.8, 4) is 0 Å². The van der Waals surface area contributed by atoms with E-state index in [2.05, 4.69) is 19.2 Å². The summed E-state index contributed by atoms with van der Waals surface area (Å²) in [5.74, 6) is 0.332. The molecule has 0 aliphatic rings. The van der Waals surface area contributed by atoms with Crippen molar-refractivity contribution in [3.63, 3.8) is 0 Å². The Balaban J connectivity index is 2.23. The minimum absolute atomic E-state index is 0.0756. The Hall–Kier alpha value is -1.59. The number of carbonyl (C=O) groups excluding carboxylic acids is 2. The molecule has 1 rings (SSSR count). The molecule has 5 nitrogen and oxygen atoms in total. The average Bonchev–Trinajstić information content (AvgIpc) is 2.56. The molecule has 2 amide bonds. The molecule has 1 aromatic rings. The van der Waals surface area contributed by atoms with E-state index in [9.17, 15) is 9.59 Å². The molecule has 0 radical (unpaired) electrons. The van der Waals surface area contributed by atoms with Gasteiger partial charge in [-0.3, -0.25) is 9.59 Å². The normalized spacial score (nSPS) is 12.1. The van der Waals surface area contributed by atoms with Crippen LogP contribution in [0.4, 0.5) is 0 Å². The lowest BCUT2D eigenvalue weighted by Crippen LogP contribution is -2.35. The molecule has 1 aromatic carbocycles. The van der Waals surface area contributed by atoms with E-state index in [-0.39, 0.29) is 17.9 Å². The molecule has 1 unspecified atom stereocenters. The first-order valence-electron chi connectivity index (χ1n) is 8.34. The quantitative estimate of drug-likeness (QED) is 0.670. The predicted octanol–water partition coefficient (Wildman–Crippen LogP) is 2.68. The third kappa shape index (κ3) is 7.32. The van der Waals surface area contributed by atoms with E-state index in [1.54, 1.807) is 36.2 Å². The Morgan fingerprint density at radius 2 is 1.88 bits per heavy atom. The maximum absolute atomic E-state index is 12.0. The molecule has 3 N–H and O–H groups in total. The van der Waals surface area contributed by atoms with Crippen LogP contribution in [-0.4, -0.2) is 42.9 Å². The zero-order valence-electron chi connectivity index (χ0n) is 14.7. The molecule has 0 fully saturated rings. The summed E-state index contributed by atoms with van der Waals surface area (Å²) < 4.78 is 0. The topological polar surface area (TPSA) is 75.4 Å². The van der Waals surface area contributed by atoms with Crippen LogP contribution in [0.3, 0.4) is 0 Å². The van der Waals surface area contributed by atoms with Crippen LogP contribution in [0.5, 0.6) is 0 Å². The Kier molecular flexibility index (Phi) is 8.79. The molecule has 0 aliphatic carbocycles. The summed E-state index contributed by atoms with van der Waals surface area (Å²) in [6.07, 6.45) is 1.82. The van der Waals surface area contributed by atoms with Gasteiger partial charge in [-0.25, -0.2) is 0 Å². The van der Waals surface area contributed by atoms with Crippen molar-refractivity contribution in [3.05, 3.63) is 34.9 Å². The molecular formula is C18H28ClN3O2. The molecule has 24 heavy (non-hydrogen) atoms. The highest BCUT2D eigenvalue weighted by atomic mass is 35.5. The predicted molar refractivity (Wildman–Crippen MR) is 98.1 cm³/mol. The SMILES string of the molecule is CC(C)C(N)CCN(C)C(=O)CCCNC(=O)c1ccc(Cl)cc1. The molecular weight excluding hydrogens is 326 g/mol. The van der Waals surface area contributed by atoms with Gasteiger partial charge in [0, 0.05) is 43.2 Å². The number of nitrogens with one attached hydrogen (secondary N) is 1. The summed E-state index contributed by atoms with van der Waals surface area (Å²) in [5.41, 5.74) is 6.55. The Morgan fingerprint density at radius 3 is 2.46 bits per heavy atom. The molecule has 0 heterocycles. The second-order valence-electron chi connectivity index (χ2n) is 6.38. The first kappa shape index (κ1) is 20.5. The van der Waals surface area contributed by atoms with Gasteiger partial charge in [-0.2, -0.15) is 0 Å². The van der Waals surface area contributed by atoms with Gasteiger partial charge in [0.15, 0.2) is 0 Å². The lowest BCUT2D eigenvalue weighted by molar-refractivity contribution is -0.130. The second kappa shape index (κ2) is 10.3. The van der Waals surface area contributed by atoms with Crippen LogP contribution in [0, 0.1) is 5.92 Å². The highest BCUT2D eigenvalue weighted by Crippen LogP contribution is 2.09. The van der Waals surface area contributed by atoms with Gasteiger partial charge in [0.25, 0.3) is 5.91 Å². The van der Waals surface area contributed by atoms with Crippen LogP contribution in [-0.2, 0) is 4.79 Å². The number of benzene rings is 1. The average molecular weight is 354 g/mol. The van der Waals surface area contributed by atoms with Gasteiger partial charge in [0.2, 0.25) is 5.91 Å². The van der Waals surface area contributed by atoms with Gasteiger partial charge in [0.1, 0.15) is 0 Å². The number of hydrogen-bond donors (Lipinski definition) is 2. The molecule has 134 valence electrons. The number of nitrogens with zero attached hydrogens (tertiary/aromatic N) is 1. The van der Waals surface area contributed by atoms with Gasteiger partial charge in [-0.05, 0) is 43.0 Å². The molecule has 0 saturated carbocycles. The van der Waals surface area contributed by atoms with Crippen LogP contribution in [0.25, 0.3) is 0 Å². The maximum atomic E-state index is 12.0. The maximum Gasteiger partial charge on any atom is 0.251 e. The minimum Gasteiger partial charge on any atom is -0.352 e.